The van der Waals surface area contributed by atoms with Crippen molar-refractivity contribution in [2.75, 3.05) is 12.3 Å². The van der Waals surface area contributed by atoms with Crippen LogP contribution < -0.4 is 16.0 Å². The van der Waals surface area contributed by atoms with Crippen molar-refractivity contribution >= 4 is 24.0 Å². The molecule has 0 saturated carbocycles. The first kappa shape index (κ1) is 19.7. The van der Waals surface area contributed by atoms with Gasteiger partial charge in [0.25, 0.3) is 0 Å². The molecular formula is C17H31N3O3S. The summed E-state index contributed by atoms with van der Waals surface area (Å²) >= 11 is 1.84. The van der Waals surface area contributed by atoms with E-state index in [-0.39, 0.29) is 29.2 Å². The van der Waals surface area contributed by atoms with Gasteiger partial charge in [-0.05, 0) is 19.3 Å². The van der Waals surface area contributed by atoms with Crippen LogP contribution in [0.1, 0.15) is 51.9 Å². The predicted molar refractivity (Wildman–Crippen MR) is 96.7 cm³/mol. The standard InChI is InChI=1S/C17H31N3O3S/c1-2-8-12(15-14-13(11-24-15)19-17(23)20-14)16(22)18-9-6-4-3-5-7-10-21/h10,12-15,17,19-20,23H,2-9,11H2,1H3,(H,18,22). The van der Waals surface area contributed by atoms with Gasteiger partial charge in [-0.25, -0.2) is 0 Å². The number of carbonyl (C=O) groups is 2. The van der Waals surface area contributed by atoms with Gasteiger partial charge in [0.1, 0.15) is 6.29 Å². The number of hydrogen-bond donors (Lipinski definition) is 4. The molecular weight excluding hydrogens is 326 g/mol. The Labute approximate surface area is 148 Å². The monoisotopic (exact) mass is 357 g/mol. The second-order valence-electron chi connectivity index (χ2n) is 6.72. The summed E-state index contributed by atoms with van der Waals surface area (Å²) in [5.74, 6) is 1.07. The van der Waals surface area contributed by atoms with Crippen LogP contribution in [-0.4, -0.2) is 53.3 Å². The minimum Gasteiger partial charge on any atom is -0.365 e. The van der Waals surface area contributed by atoms with Gasteiger partial charge in [0.15, 0.2) is 6.35 Å². The molecule has 138 valence electrons. The van der Waals surface area contributed by atoms with Gasteiger partial charge in [0.2, 0.25) is 5.91 Å². The highest BCUT2D eigenvalue weighted by molar-refractivity contribution is 8.00. The SMILES string of the molecule is CCCC(C(=O)NCCCCCCC=O)C1SCC2NC(O)NC21. The van der Waals surface area contributed by atoms with E-state index < -0.39 is 6.35 Å². The Hall–Kier alpha value is -0.630. The van der Waals surface area contributed by atoms with E-state index in [4.69, 9.17) is 0 Å². The van der Waals surface area contributed by atoms with E-state index in [1.165, 1.54) is 0 Å². The lowest BCUT2D eigenvalue weighted by Gasteiger charge is -2.26. The molecule has 0 aromatic heterocycles. The van der Waals surface area contributed by atoms with Crippen LogP contribution in [-0.2, 0) is 9.59 Å². The van der Waals surface area contributed by atoms with Crippen molar-refractivity contribution in [2.24, 2.45) is 5.92 Å². The molecule has 24 heavy (non-hydrogen) atoms. The number of rotatable bonds is 11. The lowest BCUT2D eigenvalue weighted by Crippen LogP contribution is -2.46. The number of amides is 1. The fourth-order valence-electron chi connectivity index (χ4n) is 3.62. The first-order chi connectivity index (χ1) is 11.7. The molecule has 0 radical (unpaired) electrons. The van der Waals surface area contributed by atoms with E-state index in [1.807, 2.05) is 11.8 Å². The zero-order chi connectivity index (χ0) is 17.4. The molecule has 5 unspecified atom stereocenters. The maximum atomic E-state index is 12.6. The third-order valence-electron chi connectivity index (χ3n) is 4.86. The van der Waals surface area contributed by atoms with E-state index in [0.29, 0.717) is 13.0 Å². The quantitative estimate of drug-likeness (QED) is 0.326. The van der Waals surface area contributed by atoms with E-state index in [2.05, 4.69) is 22.9 Å². The number of unbranched alkanes of at least 4 members (excludes halogenated alkanes) is 4. The minimum atomic E-state index is -0.653. The van der Waals surface area contributed by atoms with Gasteiger partial charge in [-0.3, -0.25) is 15.4 Å². The van der Waals surface area contributed by atoms with E-state index in [0.717, 1.165) is 50.6 Å². The van der Waals surface area contributed by atoms with E-state index in [1.54, 1.807) is 0 Å². The highest BCUT2D eigenvalue weighted by atomic mass is 32.2. The third-order valence-corrected chi connectivity index (χ3v) is 6.42. The molecule has 0 spiro atoms. The van der Waals surface area contributed by atoms with Crippen molar-refractivity contribution in [3.05, 3.63) is 0 Å². The minimum absolute atomic E-state index is 0.00957. The number of fused-ring (bicyclic) bond motifs is 1. The van der Waals surface area contributed by atoms with Crippen molar-refractivity contribution in [1.29, 1.82) is 0 Å². The first-order valence-electron chi connectivity index (χ1n) is 9.20. The van der Waals surface area contributed by atoms with Gasteiger partial charge < -0.3 is 15.2 Å². The molecule has 5 atom stereocenters. The smallest absolute Gasteiger partial charge is 0.224 e. The Morgan fingerprint density at radius 1 is 1.33 bits per heavy atom. The summed E-state index contributed by atoms with van der Waals surface area (Å²) in [5, 5.41) is 19.3. The Morgan fingerprint density at radius 3 is 2.88 bits per heavy atom. The number of hydrogen-bond acceptors (Lipinski definition) is 6. The number of aldehydes is 1. The maximum Gasteiger partial charge on any atom is 0.224 e. The van der Waals surface area contributed by atoms with Crippen LogP contribution in [0.2, 0.25) is 0 Å². The Bertz CT molecular complexity index is 411. The molecule has 2 aliphatic heterocycles. The topological polar surface area (TPSA) is 90.5 Å². The van der Waals surface area contributed by atoms with Crippen LogP contribution in [0.5, 0.6) is 0 Å². The third kappa shape index (κ3) is 5.44. The average Bonchev–Trinajstić information content (AvgIpc) is 3.10. The van der Waals surface area contributed by atoms with Gasteiger partial charge in [-0.15, -0.1) is 0 Å². The normalized spacial score (nSPS) is 30.1. The molecule has 0 aromatic rings. The summed E-state index contributed by atoms with van der Waals surface area (Å²) in [7, 11) is 0. The number of nitrogens with one attached hydrogen (secondary N) is 3. The zero-order valence-electron chi connectivity index (χ0n) is 14.5. The van der Waals surface area contributed by atoms with Gasteiger partial charge in [0.05, 0.1) is 5.92 Å². The van der Waals surface area contributed by atoms with Crippen molar-refractivity contribution < 1.29 is 14.7 Å². The zero-order valence-corrected chi connectivity index (χ0v) is 15.3. The predicted octanol–water partition coefficient (Wildman–Crippen LogP) is 0.990. The van der Waals surface area contributed by atoms with Gasteiger partial charge in [0, 0.05) is 36.1 Å². The fourth-order valence-corrected chi connectivity index (χ4v) is 5.32. The van der Waals surface area contributed by atoms with Crippen LogP contribution >= 0.6 is 11.8 Å². The lowest BCUT2D eigenvalue weighted by molar-refractivity contribution is -0.125. The Morgan fingerprint density at radius 2 is 2.12 bits per heavy atom. The Balaban J connectivity index is 1.75. The summed E-state index contributed by atoms with van der Waals surface area (Å²) in [6, 6.07) is 0.413. The van der Waals surface area contributed by atoms with Crippen molar-refractivity contribution in [3.8, 4) is 0 Å². The average molecular weight is 358 g/mol. The van der Waals surface area contributed by atoms with Crippen LogP contribution in [0, 0.1) is 5.92 Å². The molecule has 2 aliphatic rings. The number of aliphatic hydroxyl groups is 1. The van der Waals surface area contributed by atoms with Crippen LogP contribution in [0.3, 0.4) is 0 Å². The molecule has 2 rings (SSSR count). The highest BCUT2D eigenvalue weighted by Crippen LogP contribution is 2.37. The molecule has 0 bridgehead atoms. The molecule has 0 aromatic carbocycles. The summed E-state index contributed by atoms with van der Waals surface area (Å²) < 4.78 is 0. The van der Waals surface area contributed by atoms with Crippen molar-refractivity contribution in [2.45, 2.75) is 75.6 Å². The second-order valence-corrected chi connectivity index (χ2v) is 7.93. The maximum absolute atomic E-state index is 12.6. The number of carbonyl (C=O) groups excluding carboxylic acids is 2. The molecule has 2 fully saturated rings. The molecule has 0 aliphatic carbocycles. The summed E-state index contributed by atoms with van der Waals surface area (Å²) in [5.41, 5.74) is 0. The first-order valence-corrected chi connectivity index (χ1v) is 10.2. The van der Waals surface area contributed by atoms with Crippen molar-refractivity contribution in [3.63, 3.8) is 0 Å². The Kier molecular flexibility index (Phi) is 8.52. The summed E-state index contributed by atoms with van der Waals surface area (Å²) in [6.45, 7) is 2.82. The molecule has 1 amide bonds. The molecule has 6 nitrogen and oxygen atoms in total. The number of aliphatic hydroxyl groups excluding tert-OH is 1. The van der Waals surface area contributed by atoms with Gasteiger partial charge in [-0.1, -0.05) is 26.2 Å². The van der Waals surface area contributed by atoms with Crippen molar-refractivity contribution in [1.82, 2.24) is 16.0 Å². The summed E-state index contributed by atoms with van der Waals surface area (Å²) in [6.07, 6.45) is 6.81. The van der Waals surface area contributed by atoms with E-state index >= 15 is 0 Å². The molecule has 7 heteroatoms. The second kappa shape index (κ2) is 10.4. The van der Waals surface area contributed by atoms with Crippen LogP contribution in [0.15, 0.2) is 0 Å². The van der Waals surface area contributed by atoms with Gasteiger partial charge >= 0.3 is 0 Å². The van der Waals surface area contributed by atoms with E-state index in [9.17, 15) is 14.7 Å². The number of thioether (sulfide) groups is 1. The highest BCUT2D eigenvalue weighted by Gasteiger charge is 2.47. The molecule has 2 saturated heterocycles. The van der Waals surface area contributed by atoms with Crippen LogP contribution in [0.4, 0.5) is 0 Å². The van der Waals surface area contributed by atoms with Gasteiger partial charge in [-0.2, -0.15) is 11.8 Å². The molecule has 2 heterocycles. The van der Waals surface area contributed by atoms with Crippen LogP contribution in [0.25, 0.3) is 0 Å². The lowest BCUT2D eigenvalue weighted by atomic mass is 9.91. The summed E-state index contributed by atoms with van der Waals surface area (Å²) in [4.78, 5) is 22.9. The molecule has 4 N–H and O–H groups in total. The largest absolute Gasteiger partial charge is 0.365 e. The fraction of sp³-hybridized carbons (Fsp3) is 0.882.